The summed E-state index contributed by atoms with van der Waals surface area (Å²) in [5, 5.41) is 14.6. The van der Waals surface area contributed by atoms with Crippen LogP contribution in [0, 0.1) is 5.92 Å². The Balaban J connectivity index is 2.11. The van der Waals surface area contributed by atoms with Gasteiger partial charge in [-0.05, 0) is 18.8 Å². The molecule has 1 aliphatic rings. The molecule has 1 fully saturated rings. The Morgan fingerprint density at radius 2 is 2.10 bits per heavy atom. The summed E-state index contributed by atoms with van der Waals surface area (Å²) < 4.78 is 0. The third-order valence-electron chi connectivity index (χ3n) is 5.41. The van der Waals surface area contributed by atoms with Crippen LogP contribution in [0.15, 0.2) is 12.5 Å². The Labute approximate surface area is 174 Å². The van der Waals surface area contributed by atoms with E-state index in [1.165, 1.54) is 17.4 Å². The summed E-state index contributed by atoms with van der Waals surface area (Å²) in [5.41, 5.74) is 5.94. The minimum atomic E-state index is -1.18. The quantitative estimate of drug-likeness (QED) is 0.322. The molecular weight excluding hydrogens is 392 g/mol. The van der Waals surface area contributed by atoms with Gasteiger partial charge in [0.15, 0.2) is 0 Å². The van der Waals surface area contributed by atoms with Gasteiger partial charge in [0.05, 0.1) is 12.9 Å². The highest BCUT2D eigenvalue weighted by atomic mass is 16.4. The van der Waals surface area contributed by atoms with Crippen molar-refractivity contribution in [1.29, 1.82) is 0 Å². The highest BCUT2D eigenvalue weighted by molar-refractivity contribution is 5.94. The molecule has 0 spiro atoms. The average molecular weight is 422 g/mol. The molecule has 1 aromatic heterocycles. The second kappa shape index (κ2) is 10.7. The van der Waals surface area contributed by atoms with Gasteiger partial charge in [0.2, 0.25) is 17.7 Å². The summed E-state index contributed by atoms with van der Waals surface area (Å²) in [5.74, 6) is -2.66. The fraction of sp³-hybridized carbons (Fsp3) is 0.632. The fourth-order valence-corrected chi connectivity index (χ4v) is 3.48. The van der Waals surface area contributed by atoms with E-state index in [4.69, 9.17) is 5.73 Å². The number of hydrogen-bond donors (Lipinski definition) is 5. The molecule has 4 atom stereocenters. The van der Waals surface area contributed by atoms with Crippen LogP contribution in [0.25, 0.3) is 0 Å². The number of aromatic amines is 1. The van der Waals surface area contributed by atoms with E-state index >= 15 is 0 Å². The highest BCUT2D eigenvalue weighted by Gasteiger charge is 2.40. The van der Waals surface area contributed by atoms with E-state index in [0.717, 1.165) is 0 Å². The van der Waals surface area contributed by atoms with Gasteiger partial charge in [0.25, 0.3) is 0 Å². The molecule has 2 heterocycles. The Bertz CT molecular complexity index is 753. The van der Waals surface area contributed by atoms with Crippen molar-refractivity contribution in [3.05, 3.63) is 18.2 Å². The number of amides is 3. The standard InChI is InChI=1S/C19H30N6O5/c1-3-11(2)16(24-15(26)8-20)18(28)25-6-4-5-14(25)17(27)23-13(19(29)30)7-12-9-21-10-22-12/h9-11,13-14,16H,3-8,20H2,1-2H3,(H,21,22)(H,23,27)(H,24,26)(H,29,30). The Morgan fingerprint density at radius 3 is 2.67 bits per heavy atom. The summed E-state index contributed by atoms with van der Waals surface area (Å²) in [6.07, 6.45) is 4.65. The van der Waals surface area contributed by atoms with Gasteiger partial charge in [0, 0.05) is 24.9 Å². The van der Waals surface area contributed by atoms with E-state index in [9.17, 15) is 24.3 Å². The lowest BCUT2D eigenvalue weighted by Gasteiger charge is -2.31. The normalized spacial score (nSPS) is 19.0. The van der Waals surface area contributed by atoms with Crippen molar-refractivity contribution in [3.8, 4) is 0 Å². The van der Waals surface area contributed by atoms with Gasteiger partial charge in [0.1, 0.15) is 18.1 Å². The lowest BCUT2D eigenvalue weighted by Crippen LogP contribution is -2.57. The number of carboxylic acids is 1. The van der Waals surface area contributed by atoms with E-state index in [1.807, 2.05) is 13.8 Å². The van der Waals surface area contributed by atoms with Crippen LogP contribution >= 0.6 is 0 Å². The molecule has 30 heavy (non-hydrogen) atoms. The first-order chi connectivity index (χ1) is 14.3. The predicted octanol–water partition coefficient (Wildman–Crippen LogP) is -0.998. The third kappa shape index (κ3) is 5.78. The molecular formula is C19H30N6O5. The largest absolute Gasteiger partial charge is 0.480 e. The first kappa shape index (κ1) is 23.3. The molecule has 1 aromatic rings. The van der Waals surface area contributed by atoms with Crippen molar-refractivity contribution in [2.75, 3.05) is 13.1 Å². The zero-order valence-electron chi connectivity index (χ0n) is 17.3. The smallest absolute Gasteiger partial charge is 0.326 e. The van der Waals surface area contributed by atoms with Gasteiger partial charge < -0.3 is 31.4 Å². The topological polar surface area (TPSA) is 171 Å². The van der Waals surface area contributed by atoms with E-state index in [2.05, 4.69) is 20.6 Å². The number of nitrogens with two attached hydrogens (primary N) is 1. The first-order valence-electron chi connectivity index (χ1n) is 10.1. The number of imidazole rings is 1. The van der Waals surface area contributed by atoms with Crippen LogP contribution in [-0.2, 0) is 25.6 Å². The van der Waals surface area contributed by atoms with E-state index < -0.39 is 35.9 Å². The lowest BCUT2D eigenvalue weighted by atomic mass is 9.97. The number of likely N-dealkylation sites (tertiary alicyclic amines) is 1. The molecule has 0 aromatic carbocycles. The maximum atomic E-state index is 13.1. The molecule has 3 amide bonds. The monoisotopic (exact) mass is 422 g/mol. The summed E-state index contributed by atoms with van der Waals surface area (Å²) in [4.78, 5) is 57.5. The second-order valence-corrected chi connectivity index (χ2v) is 7.50. The number of carbonyl (C=O) groups excluding carboxylic acids is 3. The number of carboxylic acid groups (broad SMARTS) is 1. The number of aliphatic carboxylic acids is 1. The number of nitrogens with zero attached hydrogens (tertiary/aromatic N) is 2. The summed E-state index contributed by atoms with van der Waals surface area (Å²) in [6, 6.07) is -2.74. The maximum absolute atomic E-state index is 13.1. The molecule has 1 saturated heterocycles. The zero-order valence-corrected chi connectivity index (χ0v) is 17.3. The molecule has 2 rings (SSSR count). The zero-order chi connectivity index (χ0) is 22.3. The highest BCUT2D eigenvalue weighted by Crippen LogP contribution is 2.21. The minimum Gasteiger partial charge on any atom is -0.480 e. The first-order valence-corrected chi connectivity index (χ1v) is 10.1. The Kier molecular flexibility index (Phi) is 8.34. The molecule has 11 nitrogen and oxygen atoms in total. The summed E-state index contributed by atoms with van der Waals surface area (Å²) >= 11 is 0. The SMILES string of the molecule is CCC(C)C(NC(=O)CN)C(=O)N1CCCC1C(=O)NC(Cc1cnc[nH]1)C(=O)O. The van der Waals surface area contributed by atoms with Crippen LogP contribution in [-0.4, -0.2) is 74.9 Å². The number of aromatic nitrogens is 2. The van der Waals surface area contributed by atoms with Crippen molar-refractivity contribution in [2.24, 2.45) is 11.7 Å². The van der Waals surface area contributed by atoms with E-state index in [1.54, 1.807) is 0 Å². The second-order valence-electron chi connectivity index (χ2n) is 7.50. The number of hydrogen-bond acceptors (Lipinski definition) is 6. The Hall–Kier alpha value is -2.95. The van der Waals surface area contributed by atoms with Gasteiger partial charge in [-0.25, -0.2) is 9.78 Å². The van der Waals surface area contributed by atoms with Crippen molar-refractivity contribution in [3.63, 3.8) is 0 Å². The van der Waals surface area contributed by atoms with Crippen molar-refractivity contribution in [2.45, 2.75) is 57.7 Å². The number of rotatable bonds is 10. The van der Waals surface area contributed by atoms with Gasteiger partial charge in [-0.15, -0.1) is 0 Å². The van der Waals surface area contributed by atoms with Crippen LogP contribution in [0.5, 0.6) is 0 Å². The van der Waals surface area contributed by atoms with Crippen LogP contribution in [0.2, 0.25) is 0 Å². The van der Waals surface area contributed by atoms with Crippen LogP contribution < -0.4 is 16.4 Å². The maximum Gasteiger partial charge on any atom is 0.326 e. The number of nitrogens with one attached hydrogen (secondary N) is 3. The van der Waals surface area contributed by atoms with Crippen LogP contribution in [0.4, 0.5) is 0 Å². The molecule has 11 heteroatoms. The minimum absolute atomic E-state index is 0.0454. The van der Waals surface area contributed by atoms with Gasteiger partial charge in [-0.2, -0.15) is 0 Å². The molecule has 6 N–H and O–H groups in total. The van der Waals surface area contributed by atoms with E-state index in [-0.39, 0.29) is 24.8 Å². The molecule has 0 radical (unpaired) electrons. The molecule has 0 saturated carbocycles. The molecule has 0 aliphatic carbocycles. The summed E-state index contributed by atoms with van der Waals surface area (Å²) in [7, 11) is 0. The Morgan fingerprint density at radius 1 is 1.37 bits per heavy atom. The number of carbonyl (C=O) groups is 4. The van der Waals surface area contributed by atoms with Gasteiger partial charge in [-0.3, -0.25) is 14.4 Å². The van der Waals surface area contributed by atoms with Crippen LogP contribution in [0.1, 0.15) is 38.8 Å². The van der Waals surface area contributed by atoms with E-state index in [0.29, 0.717) is 31.5 Å². The number of H-pyrrole nitrogens is 1. The fourth-order valence-electron chi connectivity index (χ4n) is 3.48. The molecule has 1 aliphatic heterocycles. The third-order valence-corrected chi connectivity index (χ3v) is 5.41. The van der Waals surface area contributed by atoms with Gasteiger partial charge >= 0.3 is 5.97 Å². The molecule has 4 unspecified atom stereocenters. The average Bonchev–Trinajstić information content (AvgIpc) is 3.41. The van der Waals surface area contributed by atoms with Crippen molar-refractivity contribution >= 4 is 23.7 Å². The van der Waals surface area contributed by atoms with Crippen LogP contribution in [0.3, 0.4) is 0 Å². The van der Waals surface area contributed by atoms with Crippen molar-refractivity contribution < 1.29 is 24.3 Å². The predicted molar refractivity (Wildman–Crippen MR) is 107 cm³/mol. The lowest BCUT2D eigenvalue weighted by molar-refractivity contribution is -0.145. The summed E-state index contributed by atoms with van der Waals surface area (Å²) in [6.45, 7) is 3.87. The van der Waals surface area contributed by atoms with Crippen molar-refractivity contribution in [1.82, 2.24) is 25.5 Å². The molecule has 166 valence electrons. The molecule has 0 bridgehead atoms. The van der Waals surface area contributed by atoms with Gasteiger partial charge in [-0.1, -0.05) is 20.3 Å².